The monoisotopic (exact) mass is 376 g/mol. The Morgan fingerprint density at radius 1 is 1.26 bits per heavy atom. The lowest BCUT2D eigenvalue weighted by Crippen LogP contribution is -2.61. The highest BCUT2D eigenvalue weighted by Crippen LogP contribution is 2.39. The van der Waals surface area contributed by atoms with Gasteiger partial charge in [0.25, 0.3) is 0 Å². The van der Waals surface area contributed by atoms with Crippen LogP contribution in [-0.4, -0.2) is 54.3 Å². The molecule has 0 amide bonds. The van der Waals surface area contributed by atoms with Crippen LogP contribution in [0.5, 0.6) is 5.75 Å². The third kappa shape index (κ3) is 3.42. The molecule has 1 aromatic carbocycles. The minimum absolute atomic E-state index is 0.354. The Hall–Kier alpha value is -2.45. The van der Waals surface area contributed by atoms with Crippen LogP contribution >= 0.6 is 0 Å². The molecular weight excluding hydrogens is 354 g/mol. The number of nitrogens with zero attached hydrogens (tertiary/aromatic N) is 4. The number of likely N-dealkylation sites (tertiary alicyclic amines) is 1. The quantitative estimate of drug-likeness (QED) is 0.864. The lowest BCUT2D eigenvalue weighted by Gasteiger charge is -2.46. The molecular formula is C19H22F2N4O2. The van der Waals surface area contributed by atoms with Gasteiger partial charge < -0.3 is 14.7 Å². The first-order valence-electron chi connectivity index (χ1n) is 8.91. The van der Waals surface area contributed by atoms with Gasteiger partial charge in [0.15, 0.2) is 12.6 Å². The number of halogens is 2. The summed E-state index contributed by atoms with van der Waals surface area (Å²) in [5.41, 5.74) is 0.687. The molecule has 1 N–H and O–H groups in total. The van der Waals surface area contributed by atoms with E-state index < -0.39 is 6.35 Å². The average Bonchev–Trinajstić information content (AvgIpc) is 2.92. The van der Waals surface area contributed by atoms with Gasteiger partial charge in [0.05, 0.1) is 11.9 Å². The van der Waals surface area contributed by atoms with E-state index in [1.807, 2.05) is 23.8 Å². The molecule has 4 rings (SSSR count). The van der Waals surface area contributed by atoms with Crippen LogP contribution in [0.4, 0.5) is 20.3 Å². The Balaban J connectivity index is 1.35. The van der Waals surface area contributed by atoms with Crippen molar-refractivity contribution >= 4 is 11.5 Å². The van der Waals surface area contributed by atoms with E-state index in [0.717, 1.165) is 6.54 Å². The predicted molar refractivity (Wildman–Crippen MR) is 97.5 cm³/mol. The van der Waals surface area contributed by atoms with Gasteiger partial charge in [-0.2, -0.15) is 0 Å². The molecule has 1 fully saturated rings. The Morgan fingerprint density at radius 3 is 2.70 bits per heavy atom. The third-order valence-electron chi connectivity index (χ3n) is 5.09. The standard InChI is InChI=1S/C19H22F2N4O2/c1-12-25(16-5-3-14(20)7-17(16)27-12)19(26)24-10-13(11-24)9-23(2)18-6-4-15(21)8-22-18/h3-8,12-13,19,26H,9-11H2,1-2H3. The zero-order valence-electron chi connectivity index (χ0n) is 15.2. The molecule has 0 radical (unpaired) electrons. The number of anilines is 2. The maximum absolute atomic E-state index is 13.4. The van der Waals surface area contributed by atoms with Crippen molar-refractivity contribution in [3.8, 4) is 5.75 Å². The van der Waals surface area contributed by atoms with Crippen LogP contribution in [0.3, 0.4) is 0 Å². The highest BCUT2D eigenvalue weighted by molar-refractivity contribution is 5.62. The van der Waals surface area contributed by atoms with E-state index in [-0.39, 0.29) is 17.9 Å². The van der Waals surface area contributed by atoms with Crippen LogP contribution in [0.1, 0.15) is 6.92 Å². The number of hydrogen-bond donors (Lipinski definition) is 1. The van der Waals surface area contributed by atoms with Gasteiger partial charge in [-0.25, -0.2) is 13.8 Å². The van der Waals surface area contributed by atoms with Crippen molar-refractivity contribution in [1.82, 2.24) is 9.88 Å². The van der Waals surface area contributed by atoms with Gasteiger partial charge in [-0.3, -0.25) is 9.80 Å². The van der Waals surface area contributed by atoms with Crippen molar-refractivity contribution in [2.75, 3.05) is 36.5 Å². The smallest absolute Gasteiger partial charge is 0.189 e. The van der Waals surface area contributed by atoms with Gasteiger partial charge in [-0.15, -0.1) is 0 Å². The van der Waals surface area contributed by atoms with Crippen molar-refractivity contribution in [2.45, 2.75) is 19.5 Å². The average molecular weight is 376 g/mol. The van der Waals surface area contributed by atoms with Crippen molar-refractivity contribution in [1.29, 1.82) is 0 Å². The summed E-state index contributed by atoms with van der Waals surface area (Å²) in [6.07, 6.45) is -0.00306. The molecule has 0 spiro atoms. The molecule has 27 heavy (non-hydrogen) atoms. The first-order chi connectivity index (χ1) is 12.9. The third-order valence-corrected chi connectivity index (χ3v) is 5.09. The second-order valence-corrected chi connectivity index (χ2v) is 7.12. The number of aliphatic hydroxyl groups is 1. The molecule has 2 aliphatic rings. The zero-order valence-corrected chi connectivity index (χ0v) is 15.2. The minimum atomic E-state index is -0.836. The van der Waals surface area contributed by atoms with E-state index in [4.69, 9.17) is 4.74 Å². The molecule has 0 bridgehead atoms. The maximum atomic E-state index is 13.4. The minimum Gasteiger partial charge on any atom is -0.468 e. The highest BCUT2D eigenvalue weighted by atomic mass is 19.1. The molecule has 0 aliphatic carbocycles. The number of aromatic nitrogens is 1. The molecule has 8 heteroatoms. The van der Waals surface area contributed by atoms with E-state index in [1.165, 1.54) is 24.4 Å². The fraction of sp³-hybridized carbons (Fsp3) is 0.421. The summed E-state index contributed by atoms with van der Waals surface area (Å²) in [6, 6.07) is 7.37. The predicted octanol–water partition coefficient (Wildman–Crippen LogP) is 2.25. The van der Waals surface area contributed by atoms with Crippen LogP contribution in [-0.2, 0) is 0 Å². The summed E-state index contributed by atoms with van der Waals surface area (Å²) < 4.78 is 32.0. The van der Waals surface area contributed by atoms with Gasteiger partial charge in [-0.05, 0) is 31.2 Å². The zero-order chi connectivity index (χ0) is 19.1. The van der Waals surface area contributed by atoms with Crippen molar-refractivity contribution in [2.24, 2.45) is 5.92 Å². The Bertz CT molecular complexity index is 814. The first kappa shape index (κ1) is 17.9. The fourth-order valence-electron chi connectivity index (χ4n) is 3.71. The van der Waals surface area contributed by atoms with Crippen molar-refractivity contribution in [3.05, 3.63) is 48.2 Å². The Kier molecular flexibility index (Phi) is 4.61. The molecule has 1 saturated heterocycles. The van der Waals surface area contributed by atoms with Gasteiger partial charge in [-0.1, -0.05) is 0 Å². The van der Waals surface area contributed by atoms with Crippen LogP contribution in [0.25, 0.3) is 0 Å². The molecule has 1 aromatic heterocycles. The highest BCUT2D eigenvalue weighted by Gasteiger charge is 2.40. The summed E-state index contributed by atoms with van der Waals surface area (Å²) in [5, 5.41) is 10.8. The molecule has 6 nitrogen and oxygen atoms in total. The number of fused-ring (bicyclic) bond motifs is 1. The van der Waals surface area contributed by atoms with Crippen LogP contribution < -0.4 is 14.5 Å². The number of rotatable bonds is 5. The molecule has 2 atom stereocenters. The number of aliphatic hydroxyl groups excluding tert-OH is 1. The Labute approximate surface area is 156 Å². The largest absolute Gasteiger partial charge is 0.468 e. The molecule has 144 valence electrons. The molecule has 3 heterocycles. The summed E-state index contributed by atoms with van der Waals surface area (Å²) in [5.74, 6) is 0.808. The number of pyridine rings is 1. The number of ether oxygens (including phenoxy) is 1. The first-order valence-corrected chi connectivity index (χ1v) is 8.91. The normalized spacial score (nSPS) is 20.8. The van der Waals surface area contributed by atoms with Gasteiger partial charge in [0, 0.05) is 38.7 Å². The van der Waals surface area contributed by atoms with E-state index in [0.29, 0.717) is 36.3 Å². The van der Waals surface area contributed by atoms with Crippen molar-refractivity contribution in [3.63, 3.8) is 0 Å². The topological polar surface area (TPSA) is 52.1 Å². The van der Waals surface area contributed by atoms with Crippen LogP contribution in [0, 0.1) is 17.6 Å². The molecule has 2 unspecified atom stereocenters. The van der Waals surface area contributed by atoms with Crippen LogP contribution in [0.2, 0.25) is 0 Å². The second kappa shape index (κ2) is 6.94. The lowest BCUT2D eigenvalue weighted by atomic mass is 10.00. The van der Waals surface area contributed by atoms with Crippen molar-refractivity contribution < 1.29 is 18.6 Å². The van der Waals surface area contributed by atoms with Crippen LogP contribution in [0.15, 0.2) is 36.5 Å². The van der Waals surface area contributed by atoms with E-state index in [9.17, 15) is 13.9 Å². The maximum Gasteiger partial charge on any atom is 0.189 e. The Morgan fingerprint density at radius 2 is 2.00 bits per heavy atom. The van der Waals surface area contributed by atoms with Gasteiger partial charge >= 0.3 is 0 Å². The summed E-state index contributed by atoms with van der Waals surface area (Å²) in [6.45, 7) is 4.01. The summed E-state index contributed by atoms with van der Waals surface area (Å²) in [4.78, 5) is 9.75. The van der Waals surface area contributed by atoms with E-state index in [2.05, 4.69) is 4.98 Å². The number of hydrogen-bond acceptors (Lipinski definition) is 6. The summed E-state index contributed by atoms with van der Waals surface area (Å²) in [7, 11) is 1.92. The lowest BCUT2D eigenvalue weighted by molar-refractivity contribution is -0.0724. The van der Waals surface area contributed by atoms with E-state index >= 15 is 0 Å². The molecule has 2 aromatic rings. The second-order valence-electron chi connectivity index (χ2n) is 7.12. The summed E-state index contributed by atoms with van der Waals surface area (Å²) >= 11 is 0. The molecule has 2 aliphatic heterocycles. The van der Waals surface area contributed by atoms with Gasteiger partial charge in [0.1, 0.15) is 23.2 Å². The van der Waals surface area contributed by atoms with Gasteiger partial charge in [0.2, 0.25) is 0 Å². The fourth-order valence-corrected chi connectivity index (χ4v) is 3.71. The SMILES string of the molecule is CC1Oc2cc(F)ccc2N1C(O)N1CC(CN(C)c2ccc(F)cn2)C1. The number of benzene rings is 1. The molecule has 0 saturated carbocycles. The van der Waals surface area contributed by atoms with E-state index in [1.54, 1.807) is 17.0 Å².